The van der Waals surface area contributed by atoms with E-state index in [1.165, 1.54) is 6.92 Å². The van der Waals surface area contributed by atoms with Crippen LogP contribution in [0.4, 0.5) is 23.2 Å². The van der Waals surface area contributed by atoms with Crippen molar-refractivity contribution in [2.24, 2.45) is 4.99 Å². The first-order chi connectivity index (χ1) is 14.5. The molecule has 1 atom stereocenters. The van der Waals surface area contributed by atoms with E-state index in [2.05, 4.69) is 4.99 Å². The number of anilines is 1. The van der Waals surface area contributed by atoms with Crippen molar-refractivity contribution < 1.29 is 36.6 Å². The maximum atomic E-state index is 15.1. The summed E-state index contributed by atoms with van der Waals surface area (Å²) in [7, 11) is 0. The van der Waals surface area contributed by atoms with Gasteiger partial charge in [-0.05, 0) is 19.9 Å². The highest BCUT2D eigenvalue weighted by Gasteiger charge is 2.50. The first-order valence-corrected chi connectivity index (χ1v) is 9.68. The van der Waals surface area contributed by atoms with E-state index in [0.29, 0.717) is 6.08 Å². The topological polar surface area (TPSA) is 71.4 Å². The van der Waals surface area contributed by atoms with E-state index in [0.717, 1.165) is 15.9 Å². The minimum atomic E-state index is -4.79. The van der Waals surface area contributed by atoms with E-state index < -0.39 is 35.2 Å². The molecule has 12 heteroatoms. The molecule has 0 spiro atoms. The molecule has 3 aliphatic rings. The van der Waals surface area contributed by atoms with Crippen LogP contribution < -0.4 is 9.64 Å². The van der Waals surface area contributed by atoms with Crippen LogP contribution in [0.1, 0.15) is 19.4 Å². The van der Waals surface area contributed by atoms with Crippen molar-refractivity contribution >= 4 is 35.1 Å². The van der Waals surface area contributed by atoms with E-state index in [1.807, 2.05) is 0 Å². The first-order valence-electron chi connectivity index (χ1n) is 9.30. The number of benzene rings is 1. The Balaban J connectivity index is 1.85. The molecule has 1 amide bonds. The van der Waals surface area contributed by atoms with Crippen LogP contribution in [0.2, 0.25) is 5.02 Å². The van der Waals surface area contributed by atoms with Crippen molar-refractivity contribution in [3.05, 3.63) is 34.2 Å². The third kappa shape index (κ3) is 3.31. The molecule has 0 aromatic heterocycles. The van der Waals surface area contributed by atoms with E-state index in [4.69, 9.17) is 21.1 Å². The van der Waals surface area contributed by atoms with Gasteiger partial charge in [0.25, 0.3) is 5.91 Å². The van der Waals surface area contributed by atoms with Crippen molar-refractivity contribution in [1.29, 1.82) is 0 Å². The number of alkyl halides is 3. The van der Waals surface area contributed by atoms with Crippen molar-refractivity contribution in [2.75, 3.05) is 24.6 Å². The Morgan fingerprint density at radius 2 is 2.13 bits per heavy atom. The van der Waals surface area contributed by atoms with Crippen LogP contribution in [0.15, 0.2) is 22.8 Å². The van der Waals surface area contributed by atoms with Gasteiger partial charge in [-0.2, -0.15) is 13.2 Å². The molecule has 1 aromatic rings. The number of esters is 1. The third-order valence-electron chi connectivity index (χ3n) is 5.11. The maximum Gasteiger partial charge on any atom is 0.431 e. The average Bonchev–Trinajstić information content (AvgIpc) is 3.28. The molecule has 4 rings (SSSR count). The van der Waals surface area contributed by atoms with Gasteiger partial charge in [-0.25, -0.2) is 14.1 Å². The largest absolute Gasteiger partial charge is 0.474 e. The van der Waals surface area contributed by atoms with Gasteiger partial charge < -0.3 is 14.4 Å². The zero-order chi connectivity index (χ0) is 22.7. The highest BCUT2D eigenvalue weighted by atomic mass is 35.5. The van der Waals surface area contributed by atoms with Gasteiger partial charge in [0.2, 0.25) is 11.6 Å². The van der Waals surface area contributed by atoms with E-state index in [9.17, 15) is 22.8 Å². The molecule has 166 valence electrons. The molecule has 7 nitrogen and oxygen atoms in total. The quantitative estimate of drug-likeness (QED) is 0.510. The van der Waals surface area contributed by atoms with Gasteiger partial charge in [-0.3, -0.25) is 9.79 Å². The Labute approximate surface area is 178 Å². The second kappa shape index (κ2) is 7.11. The van der Waals surface area contributed by atoms with Crippen LogP contribution in [-0.4, -0.2) is 54.2 Å². The fraction of sp³-hybridized carbons (Fsp3) is 0.421. The number of guanidine groups is 1. The lowest BCUT2D eigenvalue weighted by molar-refractivity contribution is -0.158. The molecule has 1 aromatic carbocycles. The van der Waals surface area contributed by atoms with Gasteiger partial charge >= 0.3 is 12.1 Å². The molecule has 31 heavy (non-hydrogen) atoms. The van der Waals surface area contributed by atoms with Crippen molar-refractivity contribution in [3.8, 4) is 5.75 Å². The molecule has 0 fully saturated rings. The standard InChI is InChI=1S/C19H16ClF4N3O4/c1-3-30-16(29)18(2)8-9-14(11(21)6-10(20)15(9)31-18)27-13(28)7-12(19(22,23)24)26-5-4-25-17(26)27/h6-7H,3-5,8H2,1-2H3. The van der Waals surface area contributed by atoms with Gasteiger partial charge in [0.15, 0.2) is 0 Å². The van der Waals surface area contributed by atoms with Gasteiger partial charge in [0.05, 0.1) is 23.9 Å². The zero-order valence-electron chi connectivity index (χ0n) is 16.3. The van der Waals surface area contributed by atoms with Crippen LogP contribution in [0.5, 0.6) is 5.75 Å². The van der Waals surface area contributed by atoms with Gasteiger partial charge in [0.1, 0.15) is 17.3 Å². The molecule has 0 radical (unpaired) electrons. The fourth-order valence-corrected chi connectivity index (χ4v) is 4.06. The molecule has 0 N–H and O–H groups in total. The van der Waals surface area contributed by atoms with Gasteiger partial charge in [-0.15, -0.1) is 0 Å². The van der Waals surface area contributed by atoms with Crippen LogP contribution in [0.3, 0.4) is 0 Å². The second-order valence-corrected chi connectivity index (χ2v) is 7.67. The number of aliphatic imine (C=N–C) groups is 1. The molecule has 0 aliphatic carbocycles. The van der Waals surface area contributed by atoms with Crippen molar-refractivity contribution in [2.45, 2.75) is 32.0 Å². The molecular weight excluding hydrogens is 446 g/mol. The number of halogens is 5. The number of allylic oxidation sites excluding steroid dienone is 1. The normalized spacial score (nSPS) is 22.6. The maximum absolute atomic E-state index is 15.1. The van der Waals surface area contributed by atoms with Crippen LogP contribution >= 0.6 is 11.6 Å². The lowest BCUT2D eigenvalue weighted by Crippen LogP contribution is -2.51. The lowest BCUT2D eigenvalue weighted by atomic mass is 9.97. The summed E-state index contributed by atoms with van der Waals surface area (Å²) in [6.45, 7) is 2.96. The number of carbonyl (C=O) groups is 2. The molecule has 0 bridgehead atoms. The highest BCUT2D eigenvalue weighted by Crippen LogP contribution is 2.48. The Hall–Kier alpha value is -2.82. The Morgan fingerprint density at radius 1 is 1.42 bits per heavy atom. The van der Waals surface area contributed by atoms with Gasteiger partial charge in [0, 0.05) is 24.6 Å². The third-order valence-corrected chi connectivity index (χ3v) is 5.39. The van der Waals surface area contributed by atoms with E-state index >= 15 is 4.39 Å². The Morgan fingerprint density at radius 3 is 2.77 bits per heavy atom. The number of hydrogen-bond acceptors (Lipinski definition) is 6. The lowest BCUT2D eigenvalue weighted by Gasteiger charge is -2.35. The number of ether oxygens (including phenoxy) is 2. The van der Waals surface area contributed by atoms with Crippen molar-refractivity contribution in [3.63, 3.8) is 0 Å². The van der Waals surface area contributed by atoms with Crippen molar-refractivity contribution in [1.82, 2.24) is 4.90 Å². The summed E-state index contributed by atoms with van der Waals surface area (Å²) in [5.41, 5.74) is -3.02. The Bertz CT molecular complexity index is 1060. The summed E-state index contributed by atoms with van der Waals surface area (Å²) in [6, 6.07) is 0.878. The smallest absolute Gasteiger partial charge is 0.431 e. The summed E-state index contributed by atoms with van der Waals surface area (Å²) in [6.07, 6.45) is -4.61. The predicted octanol–water partition coefficient (Wildman–Crippen LogP) is 3.20. The monoisotopic (exact) mass is 461 g/mol. The number of hydrogen-bond donors (Lipinski definition) is 0. The molecule has 3 heterocycles. The molecule has 0 saturated carbocycles. The summed E-state index contributed by atoms with van der Waals surface area (Å²) >= 11 is 6.10. The zero-order valence-corrected chi connectivity index (χ0v) is 17.1. The van der Waals surface area contributed by atoms with Crippen LogP contribution in [0.25, 0.3) is 0 Å². The minimum Gasteiger partial charge on any atom is -0.474 e. The number of carbonyl (C=O) groups excluding carboxylic acids is 2. The van der Waals surface area contributed by atoms with Crippen LogP contribution in [0, 0.1) is 5.82 Å². The van der Waals surface area contributed by atoms with E-state index in [-0.39, 0.29) is 54.1 Å². The average molecular weight is 462 g/mol. The molecule has 0 saturated heterocycles. The van der Waals surface area contributed by atoms with Crippen LogP contribution in [-0.2, 0) is 20.7 Å². The summed E-state index contributed by atoms with van der Waals surface area (Å²) < 4.78 is 66.0. The fourth-order valence-electron chi connectivity index (χ4n) is 3.81. The minimum absolute atomic E-state index is 0.0129. The molecule has 3 aliphatic heterocycles. The summed E-state index contributed by atoms with van der Waals surface area (Å²) in [5, 5.41) is -0.148. The molecule has 1 unspecified atom stereocenters. The van der Waals surface area contributed by atoms with E-state index in [1.54, 1.807) is 6.92 Å². The summed E-state index contributed by atoms with van der Waals surface area (Å²) in [4.78, 5) is 30.7. The second-order valence-electron chi connectivity index (χ2n) is 7.26. The predicted molar refractivity (Wildman–Crippen MR) is 101 cm³/mol. The van der Waals surface area contributed by atoms with Gasteiger partial charge in [-0.1, -0.05) is 11.6 Å². The SMILES string of the molecule is CCOC(=O)C1(C)Cc2c(c(Cl)cc(F)c2N2C(=O)C=C(C(F)(F)F)N3CCN=C32)O1. The molecular formula is C19H16ClF4N3O4. The number of nitrogens with zero attached hydrogens (tertiary/aromatic N) is 3. The number of fused-ring (bicyclic) bond motifs is 2. The summed E-state index contributed by atoms with van der Waals surface area (Å²) in [5.74, 6) is -3.22. The number of amides is 1. The highest BCUT2D eigenvalue weighted by molar-refractivity contribution is 6.33. The number of rotatable bonds is 3. The Kier molecular flexibility index (Phi) is 4.91. The first kappa shape index (κ1) is 21.4.